The van der Waals surface area contributed by atoms with Gasteiger partial charge in [0.1, 0.15) is 18.1 Å². The first-order valence-electron chi connectivity index (χ1n) is 11.6. The Labute approximate surface area is 206 Å². The number of halogens is 5. The molecule has 2 aromatic rings. The van der Waals surface area contributed by atoms with Gasteiger partial charge in [-0.25, -0.2) is 14.4 Å². The molecule has 1 saturated carbocycles. The third kappa shape index (κ3) is 7.43. The van der Waals surface area contributed by atoms with Gasteiger partial charge in [-0.15, -0.1) is 0 Å². The van der Waals surface area contributed by atoms with Gasteiger partial charge in [0.2, 0.25) is 11.9 Å². The molecule has 6 nitrogen and oxygen atoms in total. The van der Waals surface area contributed by atoms with Crippen LogP contribution in [0.5, 0.6) is 5.75 Å². The molecular weight excluding hydrogens is 488 g/mol. The van der Waals surface area contributed by atoms with Crippen molar-refractivity contribution in [2.75, 3.05) is 31.1 Å². The molecule has 0 radical (unpaired) electrons. The molecule has 1 aliphatic carbocycles. The van der Waals surface area contributed by atoms with E-state index in [1.165, 1.54) is 24.6 Å². The minimum atomic E-state index is -4.50. The first-order chi connectivity index (χ1) is 16.7. The number of piperidine rings is 1. The quantitative estimate of drug-likeness (QED) is 0.486. The summed E-state index contributed by atoms with van der Waals surface area (Å²) >= 11 is 5.86. The molecule has 2 fully saturated rings. The van der Waals surface area contributed by atoms with Gasteiger partial charge in [-0.05, 0) is 55.1 Å². The molecule has 190 valence electrons. The maximum atomic E-state index is 14.3. The number of alkyl halides is 3. The zero-order valence-corrected chi connectivity index (χ0v) is 19.8. The predicted molar refractivity (Wildman–Crippen MR) is 123 cm³/mol. The van der Waals surface area contributed by atoms with Crippen LogP contribution in [0, 0.1) is 23.6 Å². The fraction of sp³-hybridized carbons (Fsp3) is 0.542. The van der Waals surface area contributed by atoms with Gasteiger partial charge in [-0.2, -0.15) is 13.2 Å². The number of aromatic nitrogens is 2. The second kappa shape index (κ2) is 11.0. The number of carbonyl (C=O) groups excluding carboxylic acids is 1. The largest absolute Gasteiger partial charge is 0.493 e. The summed E-state index contributed by atoms with van der Waals surface area (Å²) < 4.78 is 56.5. The van der Waals surface area contributed by atoms with Crippen molar-refractivity contribution in [3.63, 3.8) is 0 Å². The van der Waals surface area contributed by atoms with E-state index in [2.05, 4.69) is 14.9 Å². The molecule has 1 saturated heterocycles. The molecule has 1 amide bonds. The van der Waals surface area contributed by atoms with Gasteiger partial charge < -0.3 is 15.0 Å². The minimum absolute atomic E-state index is 0.0228. The smallest absolute Gasteiger partial charge is 0.405 e. The van der Waals surface area contributed by atoms with Crippen LogP contribution in [0.15, 0.2) is 30.6 Å². The zero-order valence-electron chi connectivity index (χ0n) is 19.0. The highest BCUT2D eigenvalue weighted by Crippen LogP contribution is 2.49. The Morgan fingerprint density at radius 1 is 1.20 bits per heavy atom. The Bertz CT molecular complexity index is 1010. The van der Waals surface area contributed by atoms with Crippen molar-refractivity contribution >= 4 is 23.5 Å². The molecule has 1 unspecified atom stereocenters. The van der Waals surface area contributed by atoms with E-state index in [0.29, 0.717) is 41.1 Å². The maximum absolute atomic E-state index is 14.3. The average molecular weight is 515 g/mol. The molecule has 11 heteroatoms. The highest BCUT2D eigenvalue weighted by molar-refractivity contribution is 6.30. The van der Waals surface area contributed by atoms with E-state index in [-0.39, 0.29) is 5.56 Å². The first-order valence-corrected chi connectivity index (χ1v) is 12.0. The van der Waals surface area contributed by atoms with Crippen molar-refractivity contribution in [3.05, 3.63) is 47.0 Å². The Morgan fingerprint density at radius 2 is 1.91 bits per heavy atom. The lowest BCUT2D eigenvalue weighted by Gasteiger charge is -2.32. The fourth-order valence-electron chi connectivity index (χ4n) is 4.70. The Morgan fingerprint density at radius 3 is 2.57 bits per heavy atom. The number of hydrogen-bond acceptors (Lipinski definition) is 5. The summed E-state index contributed by atoms with van der Waals surface area (Å²) in [6.45, 7) is 0.869. The van der Waals surface area contributed by atoms with Crippen LogP contribution in [0.25, 0.3) is 0 Å². The Hall–Kier alpha value is -2.62. The van der Waals surface area contributed by atoms with Gasteiger partial charge in [-0.3, -0.25) is 4.79 Å². The molecule has 0 bridgehead atoms. The van der Waals surface area contributed by atoms with E-state index in [4.69, 9.17) is 16.3 Å². The van der Waals surface area contributed by atoms with Crippen LogP contribution in [-0.2, 0) is 11.2 Å². The number of benzene rings is 1. The summed E-state index contributed by atoms with van der Waals surface area (Å²) in [7, 11) is 0. The number of anilines is 1. The molecule has 4 rings (SSSR count). The number of hydrogen-bond donors (Lipinski definition) is 1. The molecule has 1 N–H and O–H groups in total. The third-order valence-corrected chi connectivity index (χ3v) is 6.83. The topological polar surface area (TPSA) is 67.3 Å². The van der Waals surface area contributed by atoms with E-state index >= 15 is 0 Å². The lowest BCUT2D eigenvalue weighted by molar-refractivity contribution is -0.138. The van der Waals surface area contributed by atoms with Crippen LogP contribution in [0.3, 0.4) is 0 Å². The molecule has 35 heavy (non-hydrogen) atoms. The van der Waals surface area contributed by atoms with Crippen LogP contribution < -0.4 is 15.0 Å². The van der Waals surface area contributed by atoms with Crippen molar-refractivity contribution in [1.82, 2.24) is 15.3 Å². The van der Waals surface area contributed by atoms with Crippen LogP contribution in [0.1, 0.15) is 31.2 Å². The summed E-state index contributed by atoms with van der Waals surface area (Å²) in [6, 6.07) is 4.08. The SMILES string of the molecule is O=C(Cc1ccc(OCC[C@@H]2CC2C2CCN(c3ncc(Cl)cn3)CC2)cc1F)NCC(F)(F)F. The summed E-state index contributed by atoms with van der Waals surface area (Å²) in [6.07, 6.45) is 2.50. The molecular formula is C24H27ClF4N4O2. The standard InChI is InChI=1S/C24H27ClF4N4O2/c25-18-12-30-23(31-13-18)33-6-3-15(4-7-33)20-9-16(20)5-8-35-19-2-1-17(21(26)11-19)10-22(34)32-14-24(27,28)29/h1-2,11-13,15-16,20H,3-10,14H2,(H,32,34)/t16-,20?/m1/s1. The number of amides is 1. The number of carbonyl (C=O) groups is 1. The van der Waals surface area contributed by atoms with Crippen LogP contribution in [0.2, 0.25) is 5.02 Å². The highest BCUT2D eigenvalue weighted by Gasteiger charge is 2.43. The van der Waals surface area contributed by atoms with Gasteiger partial charge in [0, 0.05) is 19.2 Å². The van der Waals surface area contributed by atoms with E-state index in [9.17, 15) is 22.4 Å². The van der Waals surface area contributed by atoms with Gasteiger partial charge in [0.05, 0.1) is 30.4 Å². The molecule has 2 atom stereocenters. The lowest BCUT2D eigenvalue weighted by Crippen LogP contribution is -2.35. The summed E-state index contributed by atoms with van der Waals surface area (Å²) in [5, 5.41) is 2.26. The Kier molecular flexibility index (Phi) is 7.98. The van der Waals surface area contributed by atoms with E-state index in [0.717, 1.165) is 32.4 Å². The molecule has 1 aliphatic heterocycles. The molecule has 1 aromatic heterocycles. The number of nitrogens with zero attached hydrogens (tertiary/aromatic N) is 3. The minimum Gasteiger partial charge on any atom is -0.493 e. The molecule has 2 aliphatic rings. The van der Waals surface area contributed by atoms with E-state index < -0.39 is 30.9 Å². The normalized spacial score (nSPS) is 20.5. The lowest BCUT2D eigenvalue weighted by atomic mass is 9.90. The maximum Gasteiger partial charge on any atom is 0.405 e. The summed E-state index contributed by atoms with van der Waals surface area (Å²) in [5.74, 6) is 1.44. The van der Waals surface area contributed by atoms with E-state index in [1.807, 2.05) is 0 Å². The second-order valence-corrected chi connectivity index (χ2v) is 9.58. The molecule has 0 spiro atoms. The van der Waals surface area contributed by atoms with Crippen LogP contribution in [-0.4, -0.2) is 48.3 Å². The summed E-state index contributed by atoms with van der Waals surface area (Å²) in [5.41, 5.74) is 0.0228. The van der Waals surface area contributed by atoms with Crippen molar-refractivity contribution < 1.29 is 27.1 Å². The van der Waals surface area contributed by atoms with Gasteiger partial charge in [0.15, 0.2) is 0 Å². The van der Waals surface area contributed by atoms with E-state index in [1.54, 1.807) is 17.7 Å². The third-order valence-electron chi connectivity index (χ3n) is 6.63. The molecule has 2 heterocycles. The second-order valence-electron chi connectivity index (χ2n) is 9.14. The van der Waals surface area contributed by atoms with Gasteiger partial charge in [0.25, 0.3) is 0 Å². The monoisotopic (exact) mass is 514 g/mol. The Balaban J connectivity index is 1.15. The average Bonchev–Trinajstić information content (AvgIpc) is 3.59. The number of ether oxygens (including phenoxy) is 1. The summed E-state index contributed by atoms with van der Waals surface area (Å²) in [4.78, 5) is 22.4. The fourth-order valence-corrected chi connectivity index (χ4v) is 4.80. The number of nitrogens with one attached hydrogen (secondary N) is 1. The van der Waals surface area contributed by atoms with Crippen molar-refractivity contribution in [1.29, 1.82) is 0 Å². The zero-order chi connectivity index (χ0) is 25.0. The van der Waals surface area contributed by atoms with Crippen molar-refractivity contribution in [2.45, 2.75) is 38.3 Å². The van der Waals surface area contributed by atoms with Gasteiger partial charge in [-0.1, -0.05) is 17.7 Å². The van der Waals surface area contributed by atoms with Gasteiger partial charge >= 0.3 is 6.18 Å². The van der Waals surface area contributed by atoms with Crippen LogP contribution in [0.4, 0.5) is 23.5 Å². The highest BCUT2D eigenvalue weighted by atomic mass is 35.5. The van der Waals surface area contributed by atoms with Crippen molar-refractivity contribution in [3.8, 4) is 5.75 Å². The van der Waals surface area contributed by atoms with Crippen molar-refractivity contribution in [2.24, 2.45) is 17.8 Å². The predicted octanol–water partition coefficient (Wildman–Crippen LogP) is 4.81. The first kappa shape index (κ1) is 25.5. The molecule has 1 aromatic carbocycles. The number of rotatable bonds is 9. The van der Waals surface area contributed by atoms with Crippen LogP contribution >= 0.6 is 11.6 Å².